The van der Waals surface area contributed by atoms with Crippen LogP contribution in [0.15, 0.2) is 0 Å². The zero-order chi connectivity index (χ0) is 15.6. The Bertz CT molecular complexity index is 339. The highest BCUT2D eigenvalue weighted by molar-refractivity contribution is 5.74. The van der Waals surface area contributed by atoms with Crippen molar-refractivity contribution < 1.29 is 23.1 Å². The molecule has 4 nitrogen and oxygen atoms in total. The highest BCUT2D eigenvalue weighted by Crippen LogP contribution is 2.30. The van der Waals surface area contributed by atoms with Crippen molar-refractivity contribution in [2.75, 3.05) is 13.1 Å². The normalized spacial score (nSPS) is 22.6. The number of aliphatic hydroxyl groups excluding tert-OH is 1. The summed E-state index contributed by atoms with van der Waals surface area (Å²) in [5, 5.41) is 11.5. The number of likely N-dealkylation sites (tertiary alicyclic amines) is 1. The highest BCUT2D eigenvalue weighted by Gasteiger charge is 2.43. The van der Waals surface area contributed by atoms with Gasteiger partial charge in [0.1, 0.15) is 6.04 Å². The lowest BCUT2D eigenvalue weighted by Gasteiger charge is -2.34. The Kier molecular flexibility index (Phi) is 5.29. The molecular formula is C13H23F3N2O2. The summed E-state index contributed by atoms with van der Waals surface area (Å²) >= 11 is 0. The molecule has 1 fully saturated rings. The number of urea groups is 1. The predicted molar refractivity (Wildman–Crippen MR) is 69.3 cm³/mol. The molecule has 0 unspecified atom stereocenters. The van der Waals surface area contributed by atoms with E-state index in [0.717, 1.165) is 0 Å². The maximum Gasteiger partial charge on any atom is 0.408 e. The van der Waals surface area contributed by atoms with Crippen LogP contribution in [-0.2, 0) is 0 Å². The molecule has 0 radical (unpaired) electrons. The van der Waals surface area contributed by atoms with Crippen molar-refractivity contribution in [2.45, 2.75) is 58.4 Å². The first-order valence-corrected chi connectivity index (χ1v) is 6.79. The van der Waals surface area contributed by atoms with E-state index in [9.17, 15) is 23.1 Å². The van der Waals surface area contributed by atoms with Gasteiger partial charge in [-0.2, -0.15) is 13.2 Å². The van der Waals surface area contributed by atoms with Gasteiger partial charge in [0.05, 0.1) is 6.10 Å². The van der Waals surface area contributed by atoms with E-state index in [1.165, 1.54) is 4.90 Å². The number of halogens is 3. The van der Waals surface area contributed by atoms with Gasteiger partial charge >= 0.3 is 12.2 Å². The van der Waals surface area contributed by atoms with Crippen molar-refractivity contribution in [3.05, 3.63) is 0 Å². The smallest absolute Gasteiger partial charge is 0.391 e. The first-order valence-electron chi connectivity index (χ1n) is 6.79. The van der Waals surface area contributed by atoms with E-state index in [4.69, 9.17) is 0 Å². The van der Waals surface area contributed by atoms with Crippen LogP contribution >= 0.6 is 0 Å². The number of nitrogens with zero attached hydrogens (tertiary/aromatic N) is 1. The fourth-order valence-corrected chi connectivity index (χ4v) is 2.24. The molecule has 2 amide bonds. The molecule has 0 aliphatic carbocycles. The first kappa shape index (κ1) is 17.1. The van der Waals surface area contributed by atoms with Gasteiger partial charge in [-0.05, 0) is 24.7 Å². The number of aliphatic hydroxyl groups is 1. The zero-order valence-electron chi connectivity index (χ0n) is 12.1. The number of hydrogen-bond acceptors (Lipinski definition) is 2. The van der Waals surface area contributed by atoms with Crippen LogP contribution in [0.1, 0.15) is 40.0 Å². The number of hydrogen-bond donors (Lipinski definition) is 2. The van der Waals surface area contributed by atoms with Gasteiger partial charge in [-0.15, -0.1) is 0 Å². The van der Waals surface area contributed by atoms with Crippen LogP contribution in [0.25, 0.3) is 0 Å². The Morgan fingerprint density at radius 3 is 2.45 bits per heavy atom. The summed E-state index contributed by atoms with van der Waals surface area (Å²) < 4.78 is 38.9. The molecule has 1 aliphatic heterocycles. The van der Waals surface area contributed by atoms with Crippen LogP contribution in [0.3, 0.4) is 0 Å². The summed E-state index contributed by atoms with van der Waals surface area (Å²) in [6.07, 6.45) is -4.13. The van der Waals surface area contributed by atoms with Gasteiger partial charge < -0.3 is 15.3 Å². The Balaban J connectivity index is 2.67. The molecule has 2 N–H and O–H groups in total. The molecule has 1 heterocycles. The van der Waals surface area contributed by atoms with Gasteiger partial charge in [-0.25, -0.2) is 4.79 Å². The quantitative estimate of drug-likeness (QED) is 0.822. The number of alkyl halides is 3. The van der Waals surface area contributed by atoms with Gasteiger partial charge in [0.2, 0.25) is 0 Å². The third kappa shape index (κ3) is 5.56. The molecule has 1 aliphatic rings. The van der Waals surface area contributed by atoms with Crippen molar-refractivity contribution in [3.8, 4) is 0 Å². The molecule has 1 saturated heterocycles. The van der Waals surface area contributed by atoms with Crippen LogP contribution in [0.4, 0.5) is 18.0 Å². The van der Waals surface area contributed by atoms with Crippen LogP contribution in [0.5, 0.6) is 0 Å². The lowest BCUT2D eigenvalue weighted by molar-refractivity contribution is -0.159. The molecule has 0 saturated carbocycles. The van der Waals surface area contributed by atoms with Gasteiger partial charge in [0.15, 0.2) is 0 Å². The number of amides is 2. The molecular weight excluding hydrogens is 273 g/mol. The molecule has 118 valence electrons. The maximum absolute atomic E-state index is 13.0. The summed E-state index contributed by atoms with van der Waals surface area (Å²) in [7, 11) is 0. The molecule has 0 spiro atoms. The summed E-state index contributed by atoms with van der Waals surface area (Å²) in [6, 6.07) is -2.62. The molecule has 0 aromatic carbocycles. The predicted octanol–water partition coefficient (Wildman–Crippen LogP) is 2.52. The van der Waals surface area contributed by atoms with Crippen LogP contribution in [-0.4, -0.2) is 47.4 Å². The van der Waals surface area contributed by atoms with Gasteiger partial charge in [-0.1, -0.05) is 20.8 Å². The standard InChI is InChI=1S/C13H23F3N2O2/c1-12(2,3)7-10(13(14,15)16)17-11(20)18-6-4-5-9(19)8-18/h9-10,19H,4-8H2,1-3H3,(H,17,20)/t9-,10+/m0/s1. The second-order valence-electron chi connectivity index (χ2n) is 6.55. The van der Waals surface area contributed by atoms with Crippen LogP contribution in [0, 0.1) is 5.41 Å². The summed E-state index contributed by atoms with van der Waals surface area (Å²) in [5.74, 6) is 0. The number of piperidine rings is 1. The molecule has 2 atom stereocenters. The lowest BCUT2D eigenvalue weighted by atomic mass is 9.88. The van der Waals surface area contributed by atoms with Gasteiger partial charge in [0, 0.05) is 13.1 Å². The molecule has 0 aromatic heterocycles. The van der Waals surface area contributed by atoms with Crippen molar-refractivity contribution >= 4 is 6.03 Å². The fourth-order valence-electron chi connectivity index (χ4n) is 2.24. The number of nitrogens with one attached hydrogen (secondary N) is 1. The SMILES string of the molecule is CC(C)(C)C[C@@H](NC(=O)N1CCC[C@H](O)C1)C(F)(F)F. The summed E-state index contributed by atoms with van der Waals surface area (Å²) in [5.41, 5.74) is -0.547. The molecule has 0 bridgehead atoms. The molecule has 20 heavy (non-hydrogen) atoms. The van der Waals surface area contributed by atoms with E-state index in [2.05, 4.69) is 5.32 Å². The summed E-state index contributed by atoms with van der Waals surface area (Å²) in [6.45, 7) is 5.56. The Hall–Kier alpha value is -0.980. The number of rotatable bonds is 2. The first-order chi connectivity index (χ1) is 8.99. The van der Waals surface area contributed by atoms with E-state index in [1.807, 2.05) is 0 Å². The van der Waals surface area contributed by atoms with Crippen LogP contribution in [0.2, 0.25) is 0 Å². The monoisotopic (exact) mass is 296 g/mol. The number of β-amino-alcohol motifs (C(OH)–C–C–N with tert-alkyl or cyclic N) is 1. The zero-order valence-corrected chi connectivity index (χ0v) is 12.1. The Labute approximate surface area is 117 Å². The Morgan fingerprint density at radius 2 is 2.00 bits per heavy atom. The maximum atomic E-state index is 13.0. The van der Waals surface area contributed by atoms with Gasteiger partial charge in [0.25, 0.3) is 0 Å². The van der Waals surface area contributed by atoms with E-state index in [1.54, 1.807) is 20.8 Å². The van der Waals surface area contributed by atoms with Crippen molar-refractivity contribution in [1.82, 2.24) is 10.2 Å². The number of carbonyl (C=O) groups excluding carboxylic acids is 1. The largest absolute Gasteiger partial charge is 0.408 e. The fraction of sp³-hybridized carbons (Fsp3) is 0.923. The number of carbonyl (C=O) groups is 1. The second kappa shape index (κ2) is 6.20. The van der Waals surface area contributed by atoms with E-state index in [0.29, 0.717) is 19.4 Å². The minimum atomic E-state index is -4.47. The van der Waals surface area contributed by atoms with Gasteiger partial charge in [-0.3, -0.25) is 0 Å². The minimum absolute atomic E-state index is 0.0892. The van der Waals surface area contributed by atoms with Crippen molar-refractivity contribution in [3.63, 3.8) is 0 Å². The van der Waals surface area contributed by atoms with E-state index >= 15 is 0 Å². The minimum Gasteiger partial charge on any atom is -0.391 e. The molecule has 7 heteroatoms. The van der Waals surface area contributed by atoms with Crippen LogP contribution < -0.4 is 5.32 Å². The third-order valence-electron chi connectivity index (χ3n) is 3.19. The van der Waals surface area contributed by atoms with Crippen molar-refractivity contribution in [1.29, 1.82) is 0 Å². The Morgan fingerprint density at radius 1 is 1.40 bits per heavy atom. The summed E-state index contributed by atoms with van der Waals surface area (Å²) in [4.78, 5) is 13.1. The van der Waals surface area contributed by atoms with Crippen molar-refractivity contribution in [2.24, 2.45) is 5.41 Å². The average molecular weight is 296 g/mol. The molecule has 1 rings (SSSR count). The second-order valence-corrected chi connectivity index (χ2v) is 6.55. The van der Waals surface area contributed by atoms with E-state index < -0.39 is 29.8 Å². The highest BCUT2D eigenvalue weighted by atomic mass is 19.4. The molecule has 0 aromatic rings. The third-order valence-corrected chi connectivity index (χ3v) is 3.19. The average Bonchev–Trinajstić information content (AvgIpc) is 2.25. The lowest BCUT2D eigenvalue weighted by Crippen LogP contribution is -2.54. The topological polar surface area (TPSA) is 52.6 Å². The van der Waals surface area contributed by atoms with E-state index in [-0.39, 0.29) is 13.0 Å².